The average molecular weight is 460 g/mol. The molecule has 0 aliphatic carbocycles. The van der Waals surface area contributed by atoms with Gasteiger partial charge in [0.2, 0.25) is 5.91 Å². The molecule has 0 radical (unpaired) electrons. The summed E-state index contributed by atoms with van der Waals surface area (Å²) in [6.07, 6.45) is 7.86. The second-order valence-corrected chi connectivity index (χ2v) is 10.7. The fourth-order valence-electron chi connectivity index (χ4n) is 4.44. The number of thioether (sulfide) groups is 2. The second kappa shape index (κ2) is 10.4. The third kappa shape index (κ3) is 5.66. The van der Waals surface area contributed by atoms with Crippen molar-refractivity contribution in [2.45, 2.75) is 40.7 Å². The van der Waals surface area contributed by atoms with Crippen molar-refractivity contribution < 1.29 is 4.79 Å². The van der Waals surface area contributed by atoms with Gasteiger partial charge in [0.15, 0.2) is 5.16 Å². The monoisotopic (exact) mass is 459 g/mol. The van der Waals surface area contributed by atoms with Gasteiger partial charge in [-0.15, -0.1) is 11.8 Å². The molecule has 0 unspecified atom stereocenters. The van der Waals surface area contributed by atoms with Crippen LogP contribution < -0.4 is 0 Å². The summed E-state index contributed by atoms with van der Waals surface area (Å²) in [6, 6.07) is 8.71. The van der Waals surface area contributed by atoms with Crippen LogP contribution in [-0.4, -0.2) is 87.5 Å². The Morgan fingerprint density at radius 2 is 1.94 bits per heavy atom. The molecular formula is C23H33N5OS2. The molecule has 1 amide bonds. The third-order valence-electron chi connectivity index (χ3n) is 6.28. The Kier molecular flexibility index (Phi) is 7.63. The van der Waals surface area contributed by atoms with Crippen molar-refractivity contribution in [3.05, 3.63) is 42.2 Å². The number of hydrogen-bond acceptors (Lipinski definition) is 6. The van der Waals surface area contributed by atoms with Gasteiger partial charge in [-0.1, -0.05) is 23.9 Å². The number of rotatable bonds is 6. The van der Waals surface area contributed by atoms with E-state index in [9.17, 15) is 4.79 Å². The number of carbonyl (C=O) groups excluding carboxylic acids is 1. The zero-order valence-electron chi connectivity index (χ0n) is 18.7. The average Bonchev–Trinajstić information content (AvgIpc) is 3.28. The van der Waals surface area contributed by atoms with Gasteiger partial charge in [0.1, 0.15) is 0 Å². The summed E-state index contributed by atoms with van der Waals surface area (Å²) in [5, 5.41) is 1.40. The molecule has 0 spiro atoms. The van der Waals surface area contributed by atoms with E-state index in [1.807, 2.05) is 19.4 Å². The van der Waals surface area contributed by atoms with Crippen molar-refractivity contribution in [1.29, 1.82) is 0 Å². The van der Waals surface area contributed by atoms with Crippen LogP contribution in [-0.2, 0) is 18.4 Å². The summed E-state index contributed by atoms with van der Waals surface area (Å²) in [5.41, 5.74) is 1.27. The van der Waals surface area contributed by atoms with E-state index >= 15 is 0 Å². The van der Waals surface area contributed by atoms with E-state index in [-0.39, 0.29) is 6.04 Å². The molecule has 8 heteroatoms. The molecule has 0 saturated carbocycles. The fraction of sp³-hybridized carbons (Fsp3) is 0.565. The largest absolute Gasteiger partial charge is 0.340 e. The Morgan fingerprint density at radius 3 is 2.65 bits per heavy atom. The second-order valence-electron chi connectivity index (χ2n) is 8.57. The van der Waals surface area contributed by atoms with E-state index in [2.05, 4.69) is 61.8 Å². The maximum absolute atomic E-state index is 13.6. The molecule has 2 atom stereocenters. The SMILES string of the molecule is CSc1ccc(CN2C[C@H](Sc3nccn3C)C[C@H]2C(=O)N2CCCN(C)CC2)cc1. The van der Waals surface area contributed by atoms with Gasteiger partial charge in [0.05, 0.1) is 6.04 Å². The highest BCUT2D eigenvalue weighted by atomic mass is 32.2. The van der Waals surface area contributed by atoms with Crippen LogP contribution in [0.5, 0.6) is 0 Å². The number of nitrogens with zero attached hydrogens (tertiary/aromatic N) is 5. The summed E-state index contributed by atoms with van der Waals surface area (Å²) >= 11 is 3.56. The summed E-state index contributed by atoms with van der Waals surface area (Å²) in [4.78, 5) is 26.2. The molecule has 4 rings (SSSR count). The number of amides is 1. The van der Waals surface area contributed by atoms with Gasteiger partial charge in [0, 0.05) is 62.3 Å². The van der Waals surface area contributed by atoms with Gasteiger partial charge in [-0.25, -0.2) is 4.98 Å². The molecule has 2 saturated heterocycles. The third-order valence-corrected chi connectivity index (χ3v) is 8.30. The molecule has 2 fully saturated rings. The van der Waals surface area contributed by atoms with Crippen molar-refractivity contribution >= 4 is 29.4 Å². The number of likely N-dealkylation sites (tertiary alicyclic amines) is 1. The van der Waals surface area contributed by atoms with Crippen LogP contribution >= 0.6 is 23.5 Å². The number of likely N-dealkylation sites (N-methyl/N-ethyl adjacent to an activating group) is 1. The molecule has 1 aromatic heterocycles. The highest BCUT2D eigenvalue weighted by molar-refractivity contribution is 7.99. The molecule has 2 aliphatic heterocycles. The first-order chi connectivity index (χ1) is 15.0. The van der Waals surface area contributed by atoms with Gasteiger partial charge in [-0.2, -0.15) is 0 Å². The van der Waals surface area contributed by atoms with Crippen molar-refractivity contribution in [2.75, 3.05) is 46.0 Å². The highest BCUT2D eigenvalue weighted by Crippen LogP contribution is 2.34. The molecule has 0 bridgehead atoms. The lowest BCUT2D eigenvalue weighted by molar-refractivity contribution is -0.136. The number of imidazole rings is 1. The normalized spacial score (nSPS) is 23.3. The van der Waals surface area contributed by atoms with Gasteiger partial charge in [-0.3, -0.25) is 9.69 Å². The van der Waals surface area contributed by atoms with Crippen molar-refractivity contribution in [3.8, 4) is 0 Å². The number of aromatic nitrogens is 2. The van der Waals surface area contributed by atoms with Gasteiger partial charge >= 0.3 is 0 Å². The lowest BCUT2D eigenvalue weighted by Gasteiger charge is -2.29. The summed E-state index contributed by atoms with van der Waals surface area (Å²) < 4.78 is 2.07. The first kappa shape index (κ1) is 22.7. The zero-order valence-corrected chi connectivity index (χ0v) is 20.4. The van der Waals surface area contributed by atoms with Crippen molar-refractivity contribution in [2.24, 2.45) is 7.05 Å². The molecule has 3 heterocycles. The first-order valence-electron chi connectivity index (χ1n) is 11.0. The lowest BCUT2D eigenvalue weighted by atomic mass is 10.1. The standard InChI is InChI=1S/C23H33N5OS2/c1-25-10-4-11-27(14-13-25)22(29)21-15-20(31-23-24-9-12-26(23)2)17-28(21)16-18-5-7-19(30-3)8-6-18/h5-9,12,20-21H,4,10-11,13-17H2,1-3H3/t20-,21+/m1/s1. The van der Waals surface area contributed by atoms with E-state index < -0.39 is 0 Å². The zero-order chi connectivity index (χ0) is 21.8. The quantitative estimate of drug-likeness (QED) is 0.619. The number of hydrogen-bond donors (Lipinski definition) is 0. The molecule has 0 N–H and O–H groups in total. The van der Waals surface area contributed by atoms with Crippen LogP contribution in [0.25, 0.3) is 0 Å². The van der Waals surface area contributed by atoms with E-state index in [1.165, 1.54) is 10.5 Å². The van der Waals surface area contributed by atoms with Crippen molar-refractivity contribution in [1.82, 2.24) is 24.3 Å². The van der Waals surface area contributed by atoms with Crippen LogP contribution in [0.3, 0.4) is 0 Å². The molecule has 6 nitrogen and oxygen atoms in total. The molecule has 2 aliphatic rings. The number of carbonyl (C=O) groups is 1. The topological polar surface area (TPSA) is 44.6 Å². The predicted molar refractivity (Wildman–Crippen MR) is 129 cm³/mol. The Labute approximate surface area is 194 Å². The van der Waals surface area contributed by atoms with Crippen LogP contribution in [0.4, 0.5) is 0 Å². The molecular weight excluding hydrogens is 426 g/mol. The maximum atomic E-state index is 13.6. The first-order valence-corrected chi connectivity index (χ1v) is 13.1. The van der Waals surface area contributed by atoms with Gasteiger partial charge in [0.25, 0.3) is 0 Å². The molecule has 2 aromatic rings. The Morgan fingerprint density at radius 1 is 1.13 bits per heavy atom. The van der Waals surface area contributed by atoms with Gasteiger partial charge in [-0.05, 0) is 50.4 Å². The van der Waals surface area contributed by atoms with Crippen molar-refractivity contribution in [3.63, 3.8) is 0 Å². The number of aryl methyl sites for hydroxylation is 1. The Hall–Kier alpha value is -1.48. The molecule has 1 aromatic carbocycles. The van der Waals surface area contributed by atoms with Crippen LogP contribution in [0, 0.1) is 0 Å². The highest BCUT2D eigenvalue weighted by Gasteiger charge is 2.39. The summed E-state index contributed by atoms with van der Waals surface area (Å²) in [6.45, 7) is 5.45. The van der Waals surface area contributed by atoms with Gasteiger partial charge < -0.3 is 14.4 Å². The lowest BCUT2D eigenvalue weighted by Crippen LogP contribution is -2.46. The fourth-order valence-corrected chi connectivity index (χ4v) is 6.04. The van der Waals surface area contributed by atoms with E-state index in [4.69, 9.17) is 0 Å². The maximum Gasteiger partial charge on any atom is 0.240 e. The number of benzene rings is 1. The van der Waals surface area contributed by atoms with Crippen LogP contribution in [0.2, 0.25) is 0 Å². The van der Waals surface area contributed by atoms with E-state index in [1.54, 1.807) is 23.5 Å². The minimum atomic E-state index is -0.0543. The minimum Gasteiger partial charge on any atom is -0.340 e. The van der Waals surface area contributed by atoms with Crippen LogP contribution in [0.1, 0.15) is 18.4 Å². The summed E-state index contributed by atoms with van der Waals surface area (Å²) in [7, 11) is 4.18. The Bertz CT molecular complexity index is 871. The van der Waals surface area contributed by atoms with Crippen LogP contribution in [0.15, 0.2) is 46.7 Å². The van der Waals surface area contributed by atoms with E-state index in [0.29, 0.717) is 11.2 Å². The minimum absolute atomic E-state index is 0.0543. The van der Waals surface area contributed by atoms with E-state index in [0.717, 1.165) is 57.3 Å². The summed E-state index contributed by atoms with van der Waals surface area (Å²) in [5.74, 6) is 0.305. The molecule has 168 valence electrons. The predicted octanol–water partition coefficient (Wildman–Crippen LogP) is 3.04. The smallest absolute Gasteiger partial charge is 0.240 e. The Balaban J connectivity index is 1.49. The molecule has 31 heavy (non-hydrogen) atoms.